The van der Waals surface area contributed by atoms with Crippen molar-refractivity contribution >= 4 is 5.96 Å². The van der Waals surface area contributed by atoms with E-state index in [1.165, 1.54) is 0 Å². The Balaban J connectivity index is 3.72. The SMILES string of the molecule is C[N+](C)(C)CCN=C(N)NN([O-])O. The fourth-order valence-corrected chi connectivity index (χ4v) is 0.604. The highest BCUT2D eigenvalue weighted by molar-refractivity contribution is 5.77. The maximum absolute atomic E-state index is 10.0. The van der Waals surface area contributed by atoms with E-state index < -0.39 is 5.34 Å². The van der Waals surface area contributed by atoms with Gasteiger partial charge in [-0.3, -0.25) is 5.43 Å². The summed E-state index contributed by atoms with van der Waals surface area (Å²) in [7, 11) is 6.06. The zero-order valence-corrected chi connectivity index (χ0v) is 8.19. The molecule has 0 aliphatic rings. The number of rotatable bonds is 4. The van der Waals surface area contributed by atoms with Gasteiger partial charge in [0.05, 0.1) is 34.2 Å². The van der Waals surface area contributed by atoms with Gasteiger partial charge in [-0.2, -0.15) is 5.34 Å². The zero-order chi connectivity index (χ0) is 10.5. The molecule has 0 saturated carbocycles. The van der Waals surface area contributed by atoms with E-state index in [-0.39, 0.29) is 5.96 Å². The van der Waals surface area contributed by atoms with E-state index >= 15 is 0 Å². The van der Waals surface area contributed by atoms with Crippen LogP contribution in [0.25, 0.3) is 0 Å². The van der Waals surface area contributed by atoms with Gasteiger partial charge in [0.1, 0.15) is 0 Å². The zero-order valence-electron chi connectivity index (χ0n) is 8.19. The summed E-state index contributed by atoms with van der Waals surface area (Å²) >= 11 is 0. The smallest absolute Gasteiger partial charge is 0.204 e. The third-order valence-corrected chi connectivity index (χ3v) is 1.26. The largest absolute Gasteiger partial charge is 0.744 e. The van der Waals surface area contributed by atoms with Crippen molar-refractivity contribution in [3.8, 4) is 0 Å². The third kappa shape index (κ3) is 9.02. The third-order valence-electron chi connectivity index (χ3n) is 1.26. The summed E-state index contributed by atoms with van der Waals surface area (Å²) in [5.41, 5.74) is 7.12. The first-order valence-electron chi connectivity index (χ1n) is 3.84. The lowest BCUT2D eigenvalue weighted by Crippen LogP contribution is -2.42. The summed E-state index contributed by atoms with van der Waals surface area (Å²) in [6.45, 7) is 1.29. The van der Waals surface area contributed by atoms with Crippen LogP contribution in [0.1, 0.15) is 0 Å². The Bertz CT molecular complexity index is 174. The molecule has 0 spiro atoms. The van der Waals surface area contributed by atoms with Crippen molar-refractivity contribution < 1.29 is 9.69 Å². The number of likely N-dealkylation sites (N-methyl/N-ethyl adjacent to an activating group) is 1. The van der Waals surface area contributed by atoms with Crippen molar-refractivity contribution in [1.29, 1.82) is 0 Å². The average Bonchev–Trinajstić information content (AvgIpc) is 1.81. The molecule has 0 aromatic heterocycles. The van der Waals surface area contributed by atoms with E-state index in [2.05, 4.69) is 4.99 Å². The molecule has 7 heteroatoms. The summed E-state index contributed by atoms with van der Waals surface area (Å²) in [5, 5.41) is 17.7. The Hall–Kier alpha value is -0.890. The maximum atomic E-state index is 10.0. The number of hydrazine groups is 1. The van der Waals surface area contributed by atoms with Crippen LogP contribution >= 0.6 is 0 Å². The van der Waals surface area contributed by atoms with Crippen molar-refractivity contribution in [2.24, 2.45) is 10.7 Å². The van der Waals surface area contributed by atoms with E-state index in [4.69, 9.17) is 10.9 Å². The minimum Gasteiger partial charge on any atom is -0.744 e. The van der Waals surface area contributed by atoms with Gasteiger partial charge in [0.15, 0.2) is 0 Å². The van der Waals surface area contributed by atoms with E-state index in [0.717, 1.165) is 11.0 Å². The molecule has 0 aliphatic heterocycles. The number of guanidine groups is 1. The molecule has 4 N–H and O–H groups in total. The molecule has 0 fully saturated rings. The molecule has 13 heavy (non-hydrogen) atoms. The van der Waals surface area contributed by atoms with Gasteiger partial charge in [0, 0.05) is 0 Å². The highest BCUT2D eigenvalue weighted by atomic mass is 16.8. The molecule has 0 aromatic rings. The van der Waals surface area contributed by atoms with Crippen LogP contribution in [0.2, 0.25) is 0 Å². The van der Waals surface area contributed by atoms with Crippen molar-refractivity contribution in [2.75, 3.05) is 34.2 Å². The predicted octanol–water partition coefficient (Wildman–Crippen LogP) is -1.30. The summed E-state index contributed by atoms with van der Waals surface area (Å²) in [6.07, 6.45) is 0. The number of nitrogens with one attached hydrogen (secondary N) is 1. The van der Waals surface area contributed by atoms with Crippen molar-refractivity contribution in [2.45, 2.75) is 0 Å². The summed E-state index contributed by atoms with van der Waals surface area (Å²) < 4.78 is 0.761. The quantitative estimate of drug-likeness (QED) is 0.222. The molecule has 0 bridgehead atoms. The summed E-state index contributed by atoms with van der Waals surface area (Å²) in [6, 6.07) is 0. The summed E-state index contributed by atoms with van der Waals surface area (Å²) in [4.78, 5) is 3.82. The normalized spacial score (nSPS) is 13.5. The maximum Gasteiger partial charge on any atom is 0.204 e. The molecular weight excluding hydrogens is 174 g/mol. The Labute approximate surface area is 77.5 Å². The molecule has 0 unspecified atom stereocenters. The first-order chi connectivity index (χ1) is 5.81. The highest BCUT2D eigenvalue weighted by Gasteiger charge is 2.04. The van der Waals surface area contributed by atoms with Gasteiger partial charge >= 0.3 is 0 Å². The second-order valence-corrected chi connectivity index (χ2v) is 3.67. The Morgan fingerprint density at radius 1 is 1.62 bits per heavy atom. The minimum absolute atomic E-state index is 0.0917. The van der Waals surface area contributed by atoms with Crippen LogP contribution in [-0.2, 0) is 0 Å². The van der Waals surface area contributed by atoms with Crippen molar-refractivity contribution in [3.05, 3.63) is 5.21 Å². The Kier molecular flexibility index (Phi) is 4.63. The van der Waals surface area contributed by atoms with Crippen molar-refractivity contribution in [3.63, 3.8) is 0 Å². The number of nitrogens with two attached hydrogens (primary N) is 1. The molecule has 0 rings (SSSR count). The van der Waals surface area contributed by atoms with Crippen LogP contribution in [0.5, 0.6) is 0 Å². The highest BCUT2D eigenvalue weighted by Crippen LogP contribution is 1.88. The van der Waals surface area contributed by atoms with E-state index in [9.17, 15) is 5.21 Å². The van der Waals surface area contributed by atoms with Crippen LogP contribution in [0, 0.1) is 5.21 Å². The molecular formula is C6H17N5O2. The number of aliphatic imine (C=N–C) groups is 1. The first kappa shape index (κ1) is 12.1. The predicted molar refractivity (Wildman–Crippen MR) is 49.5 cm³/mol. The van der Waals surface area contributed by atoms with Gasteiger partial charge in [0.2, 0.25) is 5.96 Å². The Morgan fingerprint density at radius 2 is 2.15 bits per heavy atom. The molecule has 0 aromatic carbocycles. The molecule has 0 aliphatic carbocycles. The van der Waals surface area contributed by atoms with Crippen LogP contribution in [0.15, 0.2) is 4.99 Å². The van der Waals surface area contributed by atoms with Gasteiger partial charge in [-0.05, 0) is 0 Å². The van der Waals surface area contributed by atoms with E-state index in [0.29, 0.717) is 6.54 Å². The monoisotopic (exact) mass is 191 g/mol. The topological polar surface area (TPSA) is 96.9 Å². The van der Waals surface area contributed by atoms with Crippen LogP contribution in [0.4, 0.5) is 0 Å². The number of nitrogens with zero attached hydrogens (tertiary/aromatic N) is 3. The molecule has 0 heterocycles. The molecule has 0 atom stereocenters. The van der Waals surface area contributed by atoms with Gasteiger partial charge in [0.25, 0.3) is 0 Å². The van der Waals surface area contributed by atoms with Crippen LogP contribution < -0.4 is 11.2 Å². The van der Waals surface area contributed by atoms with Gasteiger partial charge in [-0.15, -0.1) is 0 Å². The van der Waals surface area contributed by atoms with Crippen LogP contribution in [0.3, 0.4) is 0 Å². The lowest BCUT2D eigenvalue weighted by atomic mass is 10.5. The van der Waals surface area contributed by atoms with Gasteiger partial charge in [-0.25, -0.2) is 4.99 Å². The first-order valence-corrected chi connectivity index (χ1v) is 3.84. The number of hydrogen-bond donors (Lipinski definition) is 3. The number of hydrogen-bond acceptors (Lipinski definition) is 4. The van der Waals surface area contributed by atoms with Gasteiger partial charge in [-0.1, -0.05) is 0 Å². The molecule has 0 saturated heterocycles. The number of quaternary nitrogens is 1. The fourth-order valence-electron chi connectivity index (χ4n) is 0.604. The molecule has 0 radical (unpaired) electrons. The lowest BCUT2D eigenvalue weighted by Gasteiger charge is -2.23. The van der Waals surface area contributed by atoms with Gasteiger partial charge < -0.3 is 20.6 Å². The van der Waals surface area contributed by atoms with E-state index in [1.807, 2.05) is 26.6 Å². The van der Waals surface area contributed by atoms with E-state index in [1.54, 1.807) is 0 Å². The molecule has 78 valence electrons. The Morgan fingerprint density at radius 3 is 2.54 bits per heavy atom. The van der Waals surface area contributed by atoms with Crippen LogP contribution in [-0.4, -0.2) is 55.2 Å². The molecule has 7 nitrogen and oxygen atoms in total. The average molecular weight is 191 g/mol. The minimum atomic E-state index is -0.481. The standard InChI is InChI=1S/C6H17N5O2/c1-11(2,3)5-4-8-6(7)9-10(12)13/h12H,4-5H2,1-3H3,(H3,7,8,9). The second-order valence-electron chi connectivity index (χ2n) is 3.67. The molecule has 0 amide bonds. The summed E-state index contributed by atoms with van der Waals surface area (Å²) in [5.74, 6) is -0.0917. The van der Waals surface area contributed by atoms with Crippen molar-refractivity contribution in [1.82, 2.24) is 10.8 Å². The lowest BCUT2D eigenvalue weighted by molar-refractivity contribution is -0.868. The fraction of sp³-hybridized carbons (Fsp3) is 0.833. The second kappa shape index (κ2) is 4.97.